The highest BCUT2D eigenvalue weighted by Gasteiger charge is 2.25. The quantitative estimate of drug-likeness (QED) is 0.845. The minimum atomic E-state index is -0.605. The van der Waals surface area contributed by atoms with Crippen LogP contribution in [0.25, 0.3) is 0 Å². The third-order valence-corrected chi connectivity index (χ3v) is 4.34. The van der Waals surface area contributed by atoms with E-state index in [1.165, 1.54) is 4.88 Å². The highest BCUT2D eigenvalue weighted by molar-refractivity contribution is 7.11. The third kappa shape index (κ3) is 2.37. The van der Waals surface area contributed by atoms with Crippen LogP contribution < -0.4 is 0 Å². The Morgan fingerprint density at radius 2 is 2.07 bits per heavy atom. The normalized spacial score (nSPS) is 26.9. The maximum atomic E-state index is 13.0. The molecule has 2 nitrogen and oxygen atoms in total. The first-order chi connectivity index (χ1) is 7.20. The van der Waals surface area contributed by atoms with Gasteiger partial charge in [-0.2, -0.15) is 0 Å². The van der Waals surface area contributed by atoms with Crippen molar-refractivity contribution < 1.29 is 9.50 Å². The van der Waals surface area contributed by atoms with E-state index in [-0.39, 0.29) is 6.61 Å². The average molecular weight is 229 g/mol. The van der Waals surface area contributed by atoms with Gasteiger partial charge in [0.2, 0.25) is 0 Å². The molecule has 0 bridgehead atoms. The van der Waals surface area contributed by atoms with Crippen molar-refractivity contribution in [2.75, 3.05) is 0 Å². The number of thiazole rings is 1. The summed E-state index contributed by atoms with van der Waals surface area (Å²) in [5.41, 5.74) is 1.02. The fourth-order valence-electron chi connectivity index (χ4n) is 2.23. The van der Waals surface area contributed by atoms with E-state index >= 15 is 0 Å². The SMILES string of the molecule is Cc1nc(CO)sc1C1CCC(F)CC1. The highest BCUT2D eigenvalue weighted by Crippen LogP contribution is 2.38. The number of hydrogen-bond acceptors (Lipinski definition) is 3. The summed E-state index contributed by atoms with van der Waals surface area (Å²) in [6.45, 7) is 2.00. The van der Waals surface area contributed by atoms with Gasteiger partial charge in [-0.25, -0.2) is 9.37 Å². The summed E-state index contributed by atoms with van der Waals surface area (Å²) in [4.78, 5) is 5.55. The Labute approximate surface area is 93.2 Å². The molecule has 1 aliphatic carbocycles. The maximum Gasteiger partial charge on any atom is 0.119 e. The molecule has 0 spiro atoms. The first kappa shape index (κ1) is 11.0. The van der Waals surface area contributed by atoms with Gasteiger partial charge in [0, 0.05) is 4.88 Å². The largest absolute Gasteiger partial charge is 0.389 e. The number of nitrogens with zero attached hydrogens (tertiary/aromatic N) is 1. The second-order valence-corrected chi connectivity index (χ2v) is 5.28. The summed E-state index contributed by atoms with van der Waals surface area (Å²) in [7, 11) is 0. The van der Waals surface area contributed by atoms with Crippen LogP contribution in [-0.4, -0.2) is 16.3 Å². The number of alkyl halides is 1. The van der Waals surface area contributed by atoms with Crippen molar-refractivity contribution in [3.63, 3.8) is 0 Å². The molecule has 0 unspecified atom stereocenters. The van der Waals surface area contributed by atoms with Crippen molar-refractivity contribution in [3.05, 3.63) is 15.6 Å². The minimum Gasteiger partial charge on any atom is -0.389 e. The molecule has 4 heteroatoms. The lowest BCUT2D eigenvalue weighted by Crippen LogP contribution is -2.13. The topological polar surface area (TPSA) is 33.1 Å². The summed E-state index contributed by atoms with van der Waals surface area (Å²) in [5.74, 6) is 0.467. The molecular formula is C11H16FNOS. The number of halogens is 1. The van der Waals surface area contributed by atoms with Gasteiger partial charge in [0.05, 0.1) is 12.3 Å². The predicted molar refractivity (Wildman–Crippen MR) is 58.9 cm³/mol. The van der Waals surface area contributed by atoms with Crippen LogP contribution in [0.1, 0.15) is 47.2 Å². The zero-order valence-electron chi connectivity index (χ0n) is 8.87. The summed E-state index contributed by atoms with van der Waals surface area (Å²) >= 11 is 1.58. The molecule has 1 fully saturated rings. The van der Waals surface area contributed by atoms with Gasteiger partial charge in [0.15, 0.2) is 0 Å². The van der Waals surface area contributed by atoms with Gasteiger partial charge in [0.1, 0.15) is 11.2 Å². The lowest BCUT2D eigenvalue weighted by molar-refractivity contribution is 0.236. The number of rotatable bonds is 2. The lowest BCUT2D eigenvalue weighted by atomic mass is 9.86. The Hall–Kier alpha value is -0.480. The molecule has 84 valence electrons. The van der Waals surface area contributed by atoms with Crippen molar-refractivity contribution in [3.8, 4) is 0 Å². The molecule has 0 radical (unpaired) electrons. The fraction of sp³-hybridized carbons (Fsp3) is 0.727. The van der Waals surface area contributed by atoms with Gasteiger partial charge in [-0.1, -0.05) is 0 Å². The first-order valence-corrected chi connectivity index (χ1v) is 6.23. The van der Waals surface area contributed by atoms with Crippen molar-refractivity contribution in [1.29, 1.82) is 0 Å². The van der Waals surface area contributed by atoms with Crippen LogP contribution in [0.5, 0.6) is 0 Å². The molecule has 1 N–H and O–H groups in total. The molecule has 0 atom stereocenters. The van der Waals surface area contributed by atoms with Gasteiger partial charge in [-0.15, -0.1) is 11.3 Å². The number of aliphatic hydroxyl groups is 1. The van der Waals surface area contributed by atoms with Gasteiger partial charge < -0.3 is 5.11 Å². The summed E-state index contributed by atoms with van der Waals surface area (Å²) in [6, 6.07) is 0. The Balaban J connectivity index is 2.11. The second-order valence-electron chi connectivity index (χ2n) is 4.16. The molecular weight excluding hydrogens is 213 g/mol. The van der Waals surface area contributed by atoms with E-state index in [1.54, 1.807) is 11.3 Å². The number of hydrogen-bond donors (Lipinski definition) is 1. The number of aryl methyl sites for hydroxylation is 1. The molecule has 1 aliphatic rings. The van der Waals surface area contributed by atoms with Crippen LogP contribution in [0, 0.1) is 6.92 Å². The summed E-state index contributed by atoms with van der Waals surface area (Å²) in [5, 5.41) is 9.79. The Morgan fingerprint density at radius 1 is 1.40 bits per heavy atom. The van der Waals surface area contributed by atoms with E-state index in [9.17, 15) is 4.39 Å². The Bertz CT molecular complexity index is 331. The van der Waals surface area contributed by atoms with Crippen LogP contribution >= 0.6 is 11.3 Å². The van der Waals surface area contributed by atoms with Crippen molar-refractivity contribution in [1.82, 2.24) is 4.98 Å². The smallest absolute Gasteiger partial charge is 0.119 e. The first-order valence-electron chi connectivity index (χ1n) is 5.42. The van der Waals surface area contributed by atoms with Crippen LogP contribution in [0.15, 0.2) is 0 Å². The van der Waals surface area contributed by atoms with Crippen LogP contribution in [0.2, 0.25) is 0 Å². The molecule has 1 aromatic heterocycles. The van der Waals surface area contributed by atoms with Crippen molar-refractivity contribution in [2.24, 2.45) is 0 Å². The van der Waals surface area contributed by atoms with E-state index in [1.807, 2.05) is 6.92 Å². The van der Waals surface area contributed by atoms with E-state index in [4.69, 9.17) is 5.11 Å². The minimum absolute atomic E-state index is 0.0178. The average Bonchev–Trinajstić information content (AvgIpc) is 2.61. The summed E-state index contributed by atoms with van der Waals surface area (Å²) in [6.07, 6.45) is 2.60. The zero-order chi connectivity index (χ0) is 10.8. The highest BCUT2D eigenvalue weighted by atomic mass is 32.1. The van der Waals surface area contributed by atoms with Crippen LogP contribution in [0.4, 0.5) is 4.39 Å². The van der Waals surface area contributed by atoms with Crippen molar-refractivity contribution >= 4 is 11.3 Å². The number of aliphatic hydroxyl groups excluding tert-OH is 1. The molecule has 0 aromatic carbocycles. The second kappa shape index (κ2) is 4.58. The van der Waals surface area contributed by atoms with Gasteiger partial charge >= 0.3 is 0 Å². The molecule has 0 aliphatic heterocycles. The van der Waals surface area contributed by atoms with E-state index < -0.39 is 6.17 Å². The lowest BCUT2D eigenvalue weighted by Gasteiger charge is -2.23. The van der Waals surface area contributed by atoms with E-state index in [2.05, 4.69) is 4.98 Å². The fourth-order valence-corrected chi connectivity index (χ4v) is 3.32. The van der Waals surface area contributed by atoms with Crippen LogP contribution in [-0.2, 0) is 6.61 Å². The molecule has 1 saturated carbocycles. The van der Waals surface area contributed by atoms with Crippen LogP contribution in [0.3, 0.4) is 0 Å². The zero-order valence-corrected chi connectivity index (χ0v) is 9.69. The molecule has 0 saturated heterocycles. The maximum absolute atomic E-state index is 13.0. The van der Waals surface area contributed by atoms with Crippen molar-refractivity contribution in [2.45, 2.75) is 51.3 Å². The molecule has 0 amide bonds. The third-order valence-electron chi connectivity index (χ3n) is 3.04. The summed E-state index contributed by atoms with van der Waals surface area (Å²) < 4.78 is 13.0. The Kier molecular flexibility index (Phi) is 3.36. The van der Waals surface area contributed by atoms with Gasteiger partial charge in [-0.05, 0) is 38.5 Å². The predicted octanol–water partition coefficient (Wildman–Crippen LogP) is 2.94. The molecule has 1 aromatic rings. The van der Waals surface area contributed by atoms with E-state index in [0.717, 1.165) is 23.5 Å². The monoisotopic (exact) mass is 229 g/mol. The van der Waals surface area contributed by atoms with Gasteiger partial charge in [0.25, 0.3) is 0 Å². The molecule has 15 heavy (non-hydrogen) atoms. The standard InChI is InChI=1S/C11H16FNOS/c1-7-11(15-10(6-14)13-7)8-2-4-9(12)5-3-8/h8-9,14H,2-6H2,1H3. The van der Waals surface area contributed by atoms with E-state index in [0.29, 0.717) is 18.8 Å². The molecule has 2 rings (SSSR count). The van der Waals surface area contributed by atoms with Gasteiger partial charge in [-0.3, -0.25) is 0 Å². The Morgan fingerprint density at radius 3 is 2.60 bits per heavy atom. The number of aromatic nitrogens is 1. The molecule has 1 heterocycles.